The van der Waals surface area contributed by atoms with Crippen molar-refractivity contribution in [1.29, 1.82) is 0 Å². The molecule has 4 bridgehead atoms. The molecule has 8 heteroatoms. The zero-order valence-corrected chi connectivity index (χ0v) is 20.4. The van der Waals surface area contributed by atoms with Crippen molar-refractivity contribution in [2.45, 2.75) is 96.6 Å². The van der Waals surface area contributed by atoms with Gasteiger partial charge in [-0.25, -0.2) is 4.79 Å². The molecule has 0 aromatic heterocycles. The minimum absolute atomic E-state index is 0.209. The molecule has 0 saturated carbocycles. The van der Waals surface area contributed by atoms with Crippen molar-refractivity contribution in [3.63, 3.8) is 0 Å². The Morgan fingerprint density at radius 1 is 1.27 bits per heavy atom. The predicted octanol–water partition coefficient (Wildman–Crippen LogP) is 2.05. The van der Waals surface area contributed by atoms with E-state index in [-0.39, 0.29) is 24.9 Å². The van der Waals surface area contributed by atoms with Gasteiger partial charge in [0.2, 0.25) is 5.79 Å². The summed E-state index contributed by atoms with van der Waals surface area (Å²) >= 11 is 0. The summed E-state index contributed by atoms with van der Waals surface area (Å²) in [7, 11) is 0. The van der Waals surface area contributed by atoms with Gasteiger partial charge in [-0.1, -0.05) is 39.8 Å². The summed E-state index contributed by atoms with van der Waals surface area (Å²) < 4.78 is 17.8. The maximum Gasteiger partial charge on any atom is 0.331 e. The van der Waals surface area contributed by atoms with Gasteiger partial charge in [0.1, 0.15) is 12.2 Å². The molecule has 3 rings (SSSR count). The Hall–Kier alpha value is -1.58. The van der Waals surface area contributed by atoms with Crippen LogP contribution < -0.4 is 0 Å². The van der Waals surface area contributed by atoms with Crippen LogP contribution in [0.1, 0.15) is 60.8 Å². The molecule has 0 unspecified atom stereocenters. The minimum Gasteiger partial charge on any atom is -0.453 e. The highest BCUT2D eigenvalue weighted by Crippen LogP contribution is 2.48. The van der Waals surface area contributed by atoms with Gasteiger partial charge in [-0.3, -0.25) is 4.79 Å². The zero-order valence-electron chi connectivity index (χ0n) is 20.4. The summed E-state index contributed by atoms with van der Waals surface area (Å²) in [6.07, 6.45) is 2.24. The number of fused-ring (bicyclic) bond motifs is 4. The second kappa shape index (κ2) is 9.23. The normalized spacial score (nSPS) is 44.5. The lowest BCUT2D eigenvalue weighted by molar-refractivity contribution is -0.363. The van der Waals surface area contributed by atoms with Gasteiger partial charge in [-0.15, -0.1) is 0 Å². The first-order chi connectivity index (χ1) is 15.2. The number of esters is 1. The molecule has 0 amide bonds. The summed E-state index contributed by atoms with van der Waals surface area (Å²) in [6.45, 7) is 10.5. The Morgan fingerprint density at radius 3 is 2.58 bits per heavy atom. The Kier molecular flexibility index (Phi) is 7.28. The van der Waals surface area contributed by atoms with Crippen LogP contribution in [-0.2, 0) is 23.8 Å². The number of allylic oxidation sites excluding steroid dienone is 1. The topological polar surface area (TPSA) is 123 Å². The van der Waals surface area contributed by atoms with Gasteiger partial charge in [0.05, 0.1) is 18.3 Å². The fraction of sp³-hybridized carbons (Fsp3) is 0.760. The number of hydrogen-bond acceptors (Lipinski definition) is 8. The standard InChI is InChI=1S/C25H38O8/c1-14(13-26)11-19(27)31-21-16(3)12-17-20(28)15(2)7-9-23(4,5)18-8-10-24(6,33-18)22(29)25(21,30)32-17/h7,9,11,15-18,21-22,26,29-30H,8,10,12-13H2,1-6H3/b9-7-,14-11+/t15-,16+,17+,18-,21+,22-,24+,25-/m0/s1. The van der Waals surface area contributed by atoms with Gasteiger partial charge in [-0.2, -0.15) is 0 Å². The number of rotatable bonds is 3. The smallest absolute Gasteiger partial charge is 0.331 e. The Morgan fingerprint density at radius 2 is 1.94 bits per heavy atom. The van der Waals surface area contributed by atoms with Crippen LogP contribution in [0.5, 0.6) is 0 Å². The molecule has 0 radical (unpaired) electrons. The molecule has 8 nitrogen and oxygen atoms in total. The first-order valence-corrected chi connectivity index (χ1v) is 11.7. The SMILES string of the molecule is C/C(=C\C(=O)O[C@@H]1[C@H](C)C[C@H]2O[C@]1(O)[C@@H](O)[C@@]1(C)CC[C@H](O1)C(C)(C)/C=C\[C@H](C)C2=O)CO. The van der Waals surface area contributed by atoms with Gasteiger partial charge in [0.25, 0.3) is 0 Å². The van der Waals surface area contributed by atoms with Gasteiger partial charge in [0.15, 0.2) is 11.9 Å². The summed E-state index contributed by atoms with van der Waals surface area (Å²) in [5.74, 6) is -4.30. The summed E-state index contributed by atoms with van der Waals surface area (Å²) in [5, 5.41) is 32.5. The predicted molar refractivity (Wildman–Crippen MR) is 120 cm³/mol. The van der Waals surface area contributed by atoms with Crippen molar-refractivity contribution in [1.82, 2.24) is 0 Å². The summed E-state index contributed by atoms with van der Waals surface area (Å²) in [6, 6.07) is 0. The molecule has 2 fully saturated rings. The van der Waals surface area contributed by atoms with E-state index >= 15 is 0 Å². The van der Waals surface area contributed by atoms with Crippen LogP contribution >= 0.6 is 0 Å². The van der Waals surface area contributed by atoms with E-state index in [2.05, 4.69) is 0 Å². The van der Waals surface area contributed by atoms with Gasteiger partial charge < -0.3 is 29.5 Å². The third-order valence-corrected chi connectivity index (χ3v) is 7.39. The highest BCUT2D eigenvalue weighted by atomic mass is 16.7. The van der Waals surface area contributed by atoms with E-state index in [1.165, 1.54) is 0 Å². The number of ketones is 1. The first-order valence-electron chi connectivity index (χ1n) is 11.7. The van der Waals surface area contributed by atoms with Crippen LogP contribution in [0.4, 0.5) is 0 Å². The van der Waals surface area contributed by atoms with E-state index in [0.29, 0.717) is 18.4 Å². The molecular weight excluding hydrogens is 428 g/mol. The van der Waals surface area contributed by atoms with Crippen molar-refractivity contribution >= 4 is 11.8 Å². The van der Waals surface area contributed by atoms with Crippen LogP contribution in [0.3, 0.4) is 0 Å². The molecule has 0 aliphatic carbocycles. The number of carbonyl (C=O) groups excluding carboxylic acids is 2. The molecule has 3 N–H and O–H groups in total. The van der Waals surface area contributed by atoms with E-state index in [1.54, 1.807) is 27.7 Å². The summed E-state index contributed by atoms with van der Waals surface area (Å²) in [4.78, 5) is 25.7. The lowest BCUT2D eigenvalue weighted by Crippen LogP contribution is -2.68. The van der Waals surface area contributed by atoms with E-state index in [4.69, 9.17) is 14.2 Å². The van der Waals surface area contributed by atoms with Crippen molar-refractivity contribution < 1.29 is 39.1 Å². The molecule has 3 aliphatic heterocycles. The number of aliphatic hydroxyl groups is 3. The van der Waals surface area contributed by atoms with Crippen LogP contribution in [-0.4, -0.2) is 69.5 Å². The number of ether oxygens (including phenoxy) is 3. The fourth-order valence-electron chi connectivity index (χ4n) is 5.12. The molecule has 8 atom stereocenters. The van der Waals surface area contributed by atoms with Crippen molar-refractivity contribution in [2.75, 3.05) is 6.61 Å². The number of carbonyl (C=O) groups is 2. The zero-order chi connectivity index (χ0) is 24.8. The maximum atomic E-state index is 13.2. The monoisotopic (exact) mass is 466 g/mol. The third-order valence-electron chi connectivity index (χ3n) is 7.39. The fourth-order valence-corrected chi connectivity index (χ4v) is 5.12. The van der Waals surface area contributed by atoms with Gasteiger partial charge in [-0.05, 0) is 38.7 Å². The van der Waals surface area contributed by atoms with Crippen LogP contribution in [0.25, 0.3) is 0 Å². The molecule has 0 spiro atoms. The van der Waals surface area contributed by atoms with E-state index in [1.807, 2.05) is 26.0 Å². The number of Topliss-reactive ketones (excluding diaryl/α,β-unsaturated/α-hetero) is 1. The molecule has 0 aromatic rings. The average Bonchev–Trinajstić information content (AvgIpc) is 3.17. The Balaban J connectivity index is 2.05. The molecule has 3 heterocycles. The van der Waals surface area contributed by atoms with E-state index < -0.39 is 52.9 Å². The quantitative estimate of drug-likeness (QED) is 0.328. The first kappa shape index (κ1) is 26.0. The van der Waals surface area contributed by atoms with Gasteiger partial charge >= 0.3 is 5.97 Å². The highest BCUT2D eigenvalue weighted by Gasteiger charge is 2.62. The van der Waals surface area contributed by atoms with Crippen LogP contribution in [0, 0.1) is 17.3 Å². The Bertz CT molecular complexity index is 832. The maximum absolute atomic E-state index is 13.2. The molecule has 186 valence electrons. The summed E-state index contributed by atoms with van der Waals surface area (Å²) in [5.41, 5.74) is -1.18. The number of aliphatic hydroxyl groups excluding tert-OH is 2. The highest BCUT2D eigenvalue weighted by molar-refractivity contribution is 5.87. The average molecular weight is 467 g/mol. The van der Waals surface area contributed by atoms with Crippen LogP contribution in [0.15, 0.2) is 23.8 Å². The molecule has 0 aromatic carbocycles. The van der Waals surface area contributed by atoms with E-state index in [0.717, 1.165) is 6.08 Å². The minimum atomic E-state index is -2.36. The Labute approximate surface area is 195 Å². The van der Waals surface area contributed by atoms with Crippen molar-refractivity contribution in [3.05, 3.63) is 23.8 Å². The van der Waals surface area contributed by atoms with Crippen molar-refractivity contribution in [2.24, 2.45) is 17.3 Å². The molecular formula is C25H38O8. The second-order valence-corrected chi connectivity index (χ2v) is 10.8. The lowest BCUT2D eigenvalue weighted by atomic mass is 9.78. The van der Waals surface area contributed by atoms with E-state index in [9.17, 15) is 24.9 Å². The second-order valence-electron chi connectivity index (χ2n) is 10.8. The molecule has 3 aliphatic rings. The largest absolute Gasteiger partial charge is 0.453 e. The lowest BCUT2D eigenvalue weighted by Gasteiger charge is -2.51. The molecule has 33 heavy (non-hydrogen) atoms. The van der Waals surface area contributed by atoms with Crippen LogP contribution in [0.2, 0.25) is 0 Å². The van der Waals surface area contributed by atoms with Crippen molar-refractivity contribution in [3.8, 4) is 0 Å². The van der Waals surface area contributed by atoms with Gasteiger partial charge in [0, 0.05) is 23.3 Å². The molecule has 2 saturated heterocycles. The third kappa shape index (κ3) is 4.95. The number of hydrogen-bond donors (Lipinski definition) is 3.